The van der Waals surface area contributed by atoms with Gasteiger partial charge in [-0.05, 0) is 13.8 Å². The first-order valence-corrected chi connectivity index (χ1v) is 6.32. The molecular weight excluding hydrogens is 296 g/mol. The second kappa shape index (κ2) is 7.81. The van der Waals surface area contributed by atoms with Crippen molar-refractivity contribution in [3.63, 3.8) is 0 Å². The zero-order valence-electron chi connectivity index (χ0n) is 12.3. The van der Waals surface area contributed by atoms with Gasteiger partial charge in [-0.3, -0.25) is 9.59 Å². The number of hydrogen-bond donors (Lipinski definition) is 2. The number of aromatic nitrogens is 1. The van der Waals surface area contributed by atoms with Crippen molar-refractivity contribution in [3.8, 4) is 11.5 Å². The topological polar surface area (TPSA) is 124 Å². The Labute approximate surface area is 126 Å². The summed E-state index contributed by atoms with van der Waals surface area (Å²) in [6, 6.07) is 0.238. The van der Waals surface area contributed by atoms with Crippen LogP contribution in [0.25, 0.3) is 0 Å². The third-order valence-electron chi connectivity index (χ3n) is 2.47. The highest BCUT2D eigenvalue weighted by Crippen LogP contribution is 2.29. The Morgan fingerprint density at radius 1 is 1.41 bits per heavy atom. The van der Waals surface area contributed by atoms with E-state index >= 15 is 0 Å². The normalized spacial score (nSPS) is 11.2. The summed E-state index contributed by atoms with van der Waals surface area (Å²) in [4.78, 5) is 38.1. The lowest BCUT2D eigenvalue weighted by Crippen LogP contribution is -2.39. The highest BCUT2D eigenvalue weighted by atomic mass is 16.7. The Hall–Kier alpha value is -2.84. The van der Waals surface area contributed by atoms with Crippen molar-refractivity contribution in [2.24, 2.45) is 0 Å². The molecule has 0 aliphatic heterocycles. The summed E-state index contributed by atoms with van der Waals surface area (Å²) >= 11 is 0. The van der Waals surface area contributed by atoms with Gasteiger partial charge < -0.3 is 24.6 Å². The molecule has 0 aliphatic carbocycles. The molecule has 0 aromatic carbocycles. The number of carbonyl (C=O) groups excluding carboxylic acids is 2. The molecule has 0 spiro atoms. The minimum Gasteiger partial charge on any atom is -0.493 e. The molecule has 0 saturated heterocycles. The van der Waals surface area contributed by atoms with Crippen LogP contribution in [0.5, 0.6) is 11.5 Å². The molecule has 9 nitrogen and oxygen atoms in total. The molecular formula is C13H16N2O7. The molecule has 0 radical (unpaired) electrons. The van der Waals surface area contributed by atoms with E-state index in [0.29, 0.717) is 0 Å². The average Bonchev–Trinajstić information content (AvgIpc) is 2.47. The van der Waals surface area contributed by atoms with Gasteiger partial charge in [0.2, 0.25) is 5.75 Å². The van der Waals surface area contributed by atoms with Crippen molar-refractivity contribution < 1.29 is 33.7 Å². The standard InChI is InChI=1S/C13H16N2O7/c1-4-21-13(19)22-10-8(20-3)5-6-14-9(10)11(16)15-7(2)12(17)18/h5-7H,4H2,1-3H3,(H,15,16)(H,17,18). The van der Waals surface area contributed by atoms with Crippen LogP contribution < -0.4 is 14.8 Å². The first-order chi connectivity index (χ1) is 10.4. The summed E-state index contributed by atoms with van der Waals surface area (Å²) in [5, 5.41) is 11.0. The van der Waals surface area contributed by atoms with Gasteiger partial charge in [-0.25, -0.2) is 9.78 Å². The number of pyridine rings is 1. The van der Waals surface area contributed by atoms with E-state index in [4.69, 9.17) is 14.6 Å². The first-order valence-electron chi connectivity index (χ1n) is 6.32. The van der Waals surface area contributed by atoms with Crippen molar-refractivity contribution in [2.75, 3.05) is 13.7 Å². The van der Waals surface area contributed by atoms with Gasteiger partial charge in [0.1, 0.15) is 6.04 Å². The zero-order chi connectivity index (χ0) is 16.7. The maximum atomic E-state index is 12.1. The molecule has 0 aliphatic rings. The molecule has 120 valence electrons. The monoisotopic (exact) mass is 312 g/mol. The smallest absolute Gasteiger partial charge is 0.493 e. The van der Waals surface area contributed by atoms with Crippen LogP contribution in [0.15, 0.2) is 12.3 Å². The molecule has 2 N–H and O–H groups in total. The van der Waals surface area contributed by atoms with Gasteiger partial charge in [-0.1, -0.05) is 0 Å². The Balaban J connectivity index is 3.10. The number of nitrogens with one attached hydrogen (secondary N) is 1. The molecule has 1 unspecified atom stereocenters. The maximum absolute atomic E-state index is 12.1. The number of ether oxygens (including phenoxy) is 3. The number of amides is 1. The van der Waals surface area contributed by atoms with Gasteiger partial charge in [0.15, 0.2) is 11.4 Å². The third-order valence-corrected chi connectivity index (χ3v) is 2.47. The average molecular weight is 312 g/mol. The maximum Gasteiger partial charge on any atom is 0.514 e. The van der Waals surface area contributed by atoms with Gasteiger partial charge >= 0.3 is 12.1 Å². The lowest BCUT2D eigenvalue weighted by Gasteiger charge is -2.14. The van der Waals surface area contributed by atoms with E-state index in [0.717, 1.165) is 0 Å². The summed E-state index contributed by atoms with van der Waals surface area (Å²) in [5.74, 6) is -2.22. The Morgan fingerprint density at radius 2 is 2.09 bits per heavy atom. The second-order valence-electron chi connectivity index (χ2n) is 4.01. The number of carbonyl (C=O) groups is 3. The Kier molecular flexibility index (Phi) is 6.11. The van der Waals surface area contributed by atoms with Gasteiger partial charge in [-0.15, -0.1) is 0 Å². The molecule has 0 saturated carbocycles. The third kappa shape index (κ3) is 4.33. The Morgan fingerprint density at radius 3 is 2.64 bits per heavy atom. The largest absolute Gasteiger partial charge is 0.514 e. The summed E-state index contributed by atoms with van der Waals surface area (Å²) in [6.45, 7) is 2.95. The molecule has 1 aromatic heterocycles. The van der Waals surface area contributed by atoms with Crippen molar-refractivity contribution in [2.45, 2.75) is 19.9 Å². The number of methoxy groups -OCH3 is 1. The minimum absolute atomic E-state index is 0.0798. The molecule has 1 rings (SSSR count). The van der Waals surface area contributed by atoms with Crippen LogP contribution in [-0.2, 0) is 9.53 Å². The van der Waals surface area contributed by atoms with E-state index in [1.54, 1.807) is 6.92 Å². The number of nitrogens with zero attached hydrogens (tertiary/aromatic N) is 1. The van der Waals surface area contributed by atoms with Crippen LogP contribution in [-0.4, -0.2) is 47.9 Å². The predicted octanol–water partition coefficient (Wildman–Crippen LogP) is 0.828. The second-order valence-corrected chi connectivity index (χ2v) is 4.01. The van der Waals surface area contributed by atoms with Crippen molar-refractivity contribution >= 4 is 18.0 Å². The lowest BCUT2D eigenvalue weighted by molar-refractivity contribution is -0.138. The van der Waals surface area contributed by atoms with Crippen LogP contribution in [0.3, 0.4) is 0 Å². The summed E-state index contributed by atoms with van der Waals surface area (Å²) in [6.07, 6.45) is 0.228. The van der Waals surface area contributed by atoms with E-state index < -0.39 is 24.1 Å². The van der Waals surface area contributed by atoms with Crippen LogP contribution in [0.2, 0.25) is 0 Å². The highest BCUT2D eigenvalue weighted by molar-refractivity contribution is 5.98. The van der Waals surface area contributed by atoms with Crippen molar-refractivity contribution in [1.82, 2.24) is 10.3 Å². The van der Waals surface area contributed by atoms with Gasteiger partial charge in [0.05, 0.1) is 13.7 Å². The van der Waals surface area contributed by atoms with E-state index in [9.17, 15) is 14.4 Å². The molecule has 1 atom stereocenters. The quantitative estimate of drug-likeness (QED) is 0.740. The predicted molar refractivity (Wildman–Crippen MR) is 73.0 cm³/mol. The number of hydrogen-bond acceptors (Lipinski definition) is 7. The fraction of sp³-hybridized carbons (Fsp3) is 0.385. The molecule has 1 aromatic rings. The highest BCUT2D eigenvalue weighted by Gasteiger charge is 2.24. The fourth-order valence-corrected chi connectivity index (χ4v) is 1.41. The summed E-state index contributed by atoms with van der Waals surface area (Å²) < 4.78 is 14.5. The summed E-state index contributed by atoms with van der Waals surface area (Å²) in [5.41, 5.74) is -0.291. The van der Waals surface area contributed by atoms with E-state index in [1.165, 1.54) is 26.3 Å². The van der Waals surface area contributed by atoms with Crippen LogP contribution in [0, 0.1) is 0 Å². The number of carboxylic acids is 1. The SMILES string of the molecule is CCOC(=O)Oc1c(OC)ccnc1C(=O)NC(C)C(=O)O. The molecule has 0 bridgehead atoms. The van der Waals surface area contributed by atoms with E-state index in [2.05, 4.69) is 15.0 Å². The van der Waals surface area contributed by atoms with Crippen LogP contribution in [0.1, 0.15) is 24.3 Å². The Bertz CT molecular complexity index is 574. The zero-order valence-corrected chi connectivity index (χ0v) is 12.3. The van der Waals surface area contributed by atoms with Gasteiger partial charge in [0, 0.05) is 12.3 Å². The van der Waals surface area contributed by atoms with Gasteiger partial charge in [0.25, 0.3) is 5.91 Å². The molecule has 9 heteroatoms. The molecule has 1 amide bonds. The molecule has 1 heterocycles. The van der Waals surface area contributed by atoms with Crippen molar-refractivity contribution in [3.05, 3.63) is 18.0 Å². The molecule has 22 heavy (non-hydrogen) atoms. The van der Waals surface area contributed by atoms with E-state index in [-0.39, 0.29) is 23.8 Å². The lowest BCUT2D eigenvalue weighted by atomic mass is 10.2. The van der Waals surface area contributed by atoms with Gasteiger partial charge in [-0.2, -0.15) is 0 Å². The number of aliphatic carboxylic acids is 1. The minimum atomic E-state index is -1.22. The van der Waals surface area contributed by atoms with Crippen LogP contribution in [0.4, 0.5) is 4.79 Å². The molecule has 0 fully saturated rings. The van der Waals surface area contributed by atoms with E-state index in [1.807, 2.05) is 0 Å². The fourth-order valence-electron chi connectivity index (χ4n) is 1.41. The number of rotatable bonds is 6. The summed E-state index contributed by atoms with van der Waals surface area (Å²) in [7, 11) is 1.31. The van der Waals surface area contributed by atoms with Crippen molar-refractivity contribution in [1.29, 1.82) is 0 Å². The van der Waals surface area contributed by atoms with Crippen LogP contribution >= 0.6 is 0 Å². The first kappa shape index (κ1) is 17.2. The number of carboxylic acid groups (broad SMARTS) is 1.